The molecule has 3 aromatic rings. The Kier molecular flexibility index (Phi) is 6.88. The lowest BCUT2D eigenvalue weighted by Gasteiger charge is -2.18. The molecule has 2 amide bonds. The normalized spacial score (nSPS) is 11.3. The van der Waals surface area contributed by atoms with Crippen LogP contribution in [0.4, 0.5) is 5.69 Å². The van der Waals surface area contributed by atoms with Gasteiger partial charge in [-0.3, -0.25) is 9.59 Å². The Balaban J connectivity index is 1.66. The third kappa shape index (κ3) is 5.59. The van der Waals surface area contributed by atoms with Crippen molar-refractivity contribution in [2.75, 3.05) is 18.9 Å². The fourth-order valence-electron chi connectivity index (χ4n) is 2.83. The maximum atomic E-state index is 12.7. The first-order valence-electron chi connectivity index (χ1n) is 9.50. The number of sulfonamides is 1. The van der Waals surface area contributed by atoms with Gasteiger partial charge in [0.2, 0.25) is 15.9 Å². The number of rotatable bonds is 8. The third-order valence-electron chi connectivity index (χ3n) is 4.54. The number of hydrogen-bond donors (Lipinski definition) is 2. The Morgan fingerprint density at radius 3 is 2.39 bits per heavy atom. The number of likely N-dealkylation sites (N-methyl/N-ethyl adjacent to an activating group) is 1. The highest BCUT2D eigenvalue weighted by atomic mass is 32.2. The summed E-state index contributed by atoms with van der Waals surface area (Å²) in [6.45, 7) is 1.65. The van der Waals surface area contributed by atoms with Crippen molar-refractivity contribution in [2.45, 2.75) is 18.4 Å². The van der Waals surface area contributed by atoms with E-state index in [1.165, 1.54) is 25.4 Å². The van der Waals surface area contributed by atoms with E-state index in [0.29, 0.717) is 5.76 Å². The first kappa shape index (κ1) is 22.3. The number of aryl methyl sites for hydroxylation is 1. The van der Waals surface area contributed by atoms with Gasteiger partial charge in [0.1, 0.15) is 5.76 Å². The fourth-order valence-corrected chi connectivity index (χ4v) is 3.96. The minimum atomic E-state index is -3.82. The Morgan fingerprint density at radius 2 is 1.71 bits per heavy atom. The van der Waals surface area contributed by atoms with Gasteiger partial charge in [-0.15, -0.1) is 0 Å². The molecular formula is C22H23N3O5S. The van der Waals surface area contributed by atoms with Crippen LogP contribution in [-0.4, -0.2) is 38.1 Å². The molecule has 0 aliphatic rings. The highest BCUT2D eigenvalue weighted by molar-refractivity contribution is 7.89. The number of anilines is 1. The van der Waals surface area contributed by atoms with Gasteiger partial charge in [0.25, 0.3) is 5.91 Å². The van der Waals surface area contributed by atoms with E-state index in [2.05, 4.69) is 10.6 Å². The quantitative estimate of drug-likeness (QED) is 0.559. The standard InChI is InChI=1S/C22H23N3O5S/c1-16-9-11-18(12-10-16)31(28,29)25(2)15-21(26)24-20-8-4-3-7-19(20)22(27)23-14-17-6-5-13-30-17/h3-13H,14-15H2,1-2H3,(H,23,27)(H,24,26). The first-order chi connectivity index (χ1) is 14.8. The molecule has 9 heteroatoms. The van der Waals surface area contributed by atoms with Gasteiger partial charge in [0, 0.05) is 7.05 Å². The number of benzene rings is 2. The zero-order valence-electron chi connectivity index (χ0n) is 17.2. The van der Waals surface area contributed by atoms with E-state index in [0.717, 1.165) is 9.87 Å². The molecule has 0 bridgehead atoms. The maximum Gasteiger partial charge on any atom is 0.253 e. The summed E-state index contributed by atoms with van der Waals surface area (Å²) < 4.78 is 31.5. The molecule has 0 spiro atoms. The van der Waals surface area contributed by atoms with E-state index in [1.54, 1.807) is 48.5 Å². The van der Waals surface area contributed by atoms with Crippen molar-refractivity contribution in [2.24, 2.45) is 0 Å². The maximum absolute atomic E-state index is 12.7. The van der Waals surface area contributed by atoms with Crippen molar-refractivity contribution in [3.63, 3.8) is 0 Å². The molecule has 0 saturated heterocycles. The molecule has 3 rings (SSSR count). The van der Waals surface area contributed by atoms with Crippen LogP contribution < -0.4 is 10.6 Å². The van der Waals surface area contributed by atoms with Crippen molar-refractivity contribution < 1.29 is 22.4 Å². The molecule has 0 radical (unpaired) electrons. The molecule has 0 fully saturated rings. The lowest BCUT2D eigenvalue weighted by molar-refractivity contribution is -0.116. The van der Waals surface area contributed by atoms with Gasteiger partial charge in [-0.2, -0.15) is 4.31 Å². The van der Waals surface area contributed by atoms with Crippen LogP contribution in [0.25, 0.3) is 0 Å². The van der Waals surface area contributed by atoms with Crippen LogP contribution in [0.3, 0.4) is 0 Å². The number of nitrogens with zero attached hydrogens (tertiary/aromatic N) is 1. The summed E-state index contributed by atoms with van der Waals surface area (Å²) in [6, 6.07) is 16.3. The predicted octanol–water partition coefficient (Wildman–Crippen LogP) is 2.78. The van der Waals surface area contributed by atoms with Gasteiger partial charge in [-0.1, -0.05) is 29.8 Å². The Labute approximate surface area is 180 Å². The third-order valence-corrected chi connectivity index (χ3v) is 6.36. The second kappa shape index (κ2) is 9.59. The molecule has 31 heavy (non-hydrogen) atoms. The minimum Gasteiger partial charge on any atom is -0.467 e. The van der Waals surface area contributed by atoms with Gasteiger partial charge in [-0.25, -0.2) is 8.42 Å². The lowest BCUT2D eigenvalue weighted by Crippen LogP contribution is -2.35. The largest absolute Gasteiger partial charge is 0.467 e. The zero-order valence-corrected chi connectivity index (χ0v) is 18.0. The number of para-hydroxylation sites is 1. The van der Waals surface area contributed by atoms with Gasteiger partial charge in [-0.05, 0) is 43.3 Å². The van der Waals surface area contributed by atoms with E-state index in [9.17, 15) is 18.0 Å². The lowest BCUT2D eigenvalue weighted by atomic mass is 10.1. The second-order valence-electron chi connectivity index (χ2n) is 6.93. The molecule has 2 aromatic carbocycles. The molecule has 0 aliphatic heterocycles. The summed E-state index contributed by atoms with van der Waals surface area (Å²) in [5, 5.41) is 5.33. The predicted molar refractivity (Wildman–Crippen MR) is 116 cm³/mol. The van der Waals surface area contributed by atoms with Crippen LogP contribution in [0.1, 0.15) is 21.7 Å². The highest BCUT2D eigenvalue weighted by Gasteiger charge is 2.23. The van der Waals surface area contributed by atoms with Crippen LogP contribution in [0.5, 0.6) is 0 Å². The smallest absolute Gasteiger partial charge is 0.253 e. The Bertz CT molecular complexity index is 1160. The number of hydrogen-bond acceptors (Lipinski definition) is 5. The van der Waals surface area contributed by atoms with Gasteiger partial charge in [0.05, 0.1) is 35.5 Å². The summed E-state index contributed by atoms with van der Waals surface area (Å²) in [5.74, 6) is -0.366. The highest BCUT2D eigenvalue weighted by Crippen LogP contribution is 2.17. The SMILES string of the molecule is Cc1ccc(S(=O)(=O)N(C)CC(=O)Nc2ccccc2C(=O)NCc2ccco2)cc1. The summed E-state index contributed by atoms with van der Waals surface area (Å²) in [4.78, 5) is 25.1. The number of carbonyl (C=O) groups is 2. The fraction of sp³-hybridized carbons (Fsp3) is 0.182. The van der Waals surface area contributed by atoms with Crippen LogP contribution in [-0.2, 0) is 21.4 Å². The van der Waals surface area contributed by atoms with Crippen molar-refractivity contribution in [1.82, 2.24) is 9.62 Å². The molecule has 0 aliphatic carbocycles. The van der Waals surface area contributed by atoms with E-state index in [-0.39, 0.29) is 22.7 Å². The summed E-state index contributed by atoms with van der Waals surface area (Å²) in [5.41, 5.74) is 1.47. The van der Waals surface area contributed by atoms with Gasteiger partial charge in [0.15, 0.2) is 0 Å². The summed E-state index contributed by atoms with van der Waals surface area (Å²) >= 11 is 0. The van der Waals surface area contributed by atoms with E-state index in [1.807, 2.05) is 6.92 Å². The zero-order chi connectivity index (χ0) is 22.4. The number of carbonyl (C=O) groups excluding carboxylic acids is 2. The number of nitrogens with one attached hydrogen (secondary N) is 2. The average molecular weight is 442 g/mol. The number of amides is 2. The molecule has 1 heterocycles. The van der Waals surface area contributed by atoms with Crippen molar-refractivity contribution in [3.05, 3.63) is 83.8 Å². The molecule has 8 nitrogen and oxygen atoms in total. The minimum absolute atomic E-state index is 0.103. The Morgan fingerprint density at radius 1 is 1.00 bits per heavy atom. The molecule has 0 unspecified atom stereocenters. The monoisotopic (exact) mass is 441 g/mol. The van der Waals surface area contributed by atoms with Crippen LogP contribution >= 0.6 is 0 Å². The average Bonchev–Trinajstić information content (AvgIpc) is 3.26. The first-order valence-corrected chi connectivity index (χ1v) is 10.9. The van der Waals surface area contributed by atoms with E-state index < -0.39 is 28.4 Å². The molecule has 0 atom stereocenters. The molecule has 0 saturated carbocycles. The van der Waals surface area contributed by atoms with Crippen molar-refractivity contribution in [3.8, 4) is 0 Å². The summed E-state index contributed by atoms with van der Waals surface area (Å²) in [6.07, 6.45) is 1.51. The van der Waals surface area contributed by atoms with E-state index in [4.69, 9.17) is 4.42 Å². The summed E-state index contributed by atoms with van der Waals surface area (Å²) in [7, 11) is -2.49. The van der Waals surface area contributed by atoms with Gasteiger partial charge < -0.3 is 15.1 Å². The molecule has 1 aromatic heterocycles. The van der Waals surface area contributed by atoms with Crippen molar-refractivity contribution >= 4 is 27.5 Å². The Hall–Kier alpha value is -3.43. The van der Waals surface area contributed by atoms with Gasteiger partial charge >= 0.3 is 0 Å². The van der Waals surface area contributed by atoms with Crippen LogP contribution in [0, 0.1) is 6.92 Å². The molecule has 2 N–H and O–H groups in total. The van der Waals surface area contributed by atoms with E-state index >= 15 is 0 Å². The molecule has 162 valence electrons. The van der Waals surface area contributed by atoms with Crippen LogP contribution in [0.15, 0.2) is 76.2 Å². The molecular weight excluding hydrogens is 418 g/mol. The topological polar surface area (TPSA) is 109 Å². The van der Waals surface area contributed by atoms with Crippen LogP contribution in [0.2, 0.25) is 0 Å². The number of furan rings is 1. The van der Waals surface area contributed by atoms with Crippen molar-refractivity contribution in [1.29, 1.82) is 0 Å². The second-order valence-corrected chi connectivity index (χ2v) is 8.97.